The number of carbonyl (C=O) groups excluding carboxylic acids is 3. The number of thiazole rings is 1. The van der Waals surface area contributed by atoms with E-state index in [2.05, 4.69) is 37.6 Å². The van der Waals surface area contributed by atoms with Gasteiger partial charge in [0.25, 0.3) is 0 Å². The first-order valence-corrected chi connectivity index (χ1v) is 19.4. The fraction of sp³-hybridized carbons (Fsp3) is 0.487. The largest absolute Gasteiger partial charge is 0.495 e. The number of ether oxygens (including phenoxy) is 3. The number of benzene rings is 1. The van der Waals surface area contributed by atoms with Gasteiger partial charge in [-0.15, -0.1) is 17.9 Å². The Morgan fingerprint density at radius 2 is 1.85 bits per heavy atom. The van der Waals surface area contributed by atoms with Gasteiger partial charge in [0.15, 0.2) is 0 Å². The molecule has 15 heteroatoms. The molecule has 8 atom stereocenters. The predicted octanol–water partition coefficient (Wildman–Crippen LogP) is 6.11. The molecular formula is C39H44ClN5O8S. The smallest absolute Gasteiger partial charge is 0.408 e. The number of likely N-dealkylation sites (tertiary alicyclic amines) is 1. The van der Waals surface area contributed by atoms with E-state index in [1.165, 1.54) is 29.4 Å². The molecule has 4 aliphatic rings. The summed E-state index contributed by atoms with van der Waals surface area (Å²) in [6.07, 6.45) is 2.76. The number of carbonyl (C=O) groups is 4. The first-order chi connectivity index (χ1) is 25.7. The van der Waals surface area contributed by atoms with Crippen LogP contribution in [-0.2, 0) is 19.1 Å². The van der Waals surface area contributed by atoms with Crippen LogP contribution in [0.15, 0.2) is 48.4 Å². The van der Waals surface area contributed by atoms with Crippen molar-refractivity contribution in [3.05, 3.63) is 59.1 Å². The maximum Gasteiger partial charge on any atom is 0.408 e. The molecule has 0 unspecified atom stereocenters. The summed E-state index contributed by atoms with van der Waals surface area (Å²) in [4.78, 5) is 64.7. The van der Waals surface area contributed by atoms with E-state index < -0.39 is 53.5 Å². The molecule has 0 bridgehead atoms. The zero-order chi connectivity index (χ0) is 38.6. The highest BCUT2D eigenvalue weighted by Crippen LogP contribution is 2.52. The number of halogens is 1. The first-order valence-electron chi connectivity index (χ1n) is 18.1. The van der Waals surface area contributed by atoms with Gasteiger partial charge in [0.05, 0.1) is 24.9 Å². The first kappa shape index (κ1) is 37.6. The average molecular weight is 778 g/mol. The summed E-state index contributed by atoms with van der Waals surface area (Å²) in [7, 11) is 1.51. The fourth-order valence-electron chi connectivity index (χ4n) is 7.74. The Hall–Kier alpha value is -4.69. The SMILES string of the molecule is C=C[C@@H]1C[C@]1(NC(=O)[C@@H]1C[C@@H](Oc2cc(-c3nc(C(C)C)cs3)nc3c(Cl)c(OC)ccc23)CN1C(=O)[C@@H](NC(=O)O[C@@H]1C[C@@H]2C[C@@H]2C1)C(=C)C)C(=O)O. The molecule has 286 valence electrons. The van der Waals surface area contributed by atoms with Crippen LogP contribution in [0.5, 0.6) is 11.5 Å². The zero-order valence-electron chi connectivity index (χ0n) is 30.6. The van der Waals surface area contributed by atoms with Crippen LogP contribution < -0.4 is 20.1 Å². The van der Waals surface area contributed by atoms with E-state index in [-0.39, 0.29) is 36.4 Å². The maximum atomic E-state index is 14.4. The van der Waals surface area contributed by atoms with E-state index >= 15 is 0 Å². The number of aromatic nitrogens is 2. The van der Waals surface area contributed by atoms with Crippen molar-refractivity contribution in [2.24, 2.45) is 17.8 Å². The molecule has 3 heterocycles. The molecule has 3 amide bonds. The number of methoxy groups -OCH3 is 1. The quantitative estimate of drug-likeness (QED) is 0.172. The topological polar surface area (TPSA) is 169 Å². The summed E-state index contributed by atoms with van der Waals surface area (Å²) in [5, 5.41) is 18.9. The van der Waals surface area contributed by atoms with Crippen molar-refractivity contribution in [3.63, 3.8) is 0 Å². The number of nitrogens with zero attached hydrogens (tertiary/aromatic N) is 3. The molecule has 13 nitrogen and oxygen atoms in total. The molecule has 3 aromatic rings. The van der Waals surface area contributed by atoms with Crippen molar-refractivity contribution >= 4 is 57.7 Å². The molecular weight excluding hydrogens is 734 g/mol. The number of alkyl carbamates (subject to hydrolysis) is 1. The normalized spacial score (nSPS) is 27.2. The second kappa shape index (κ2) is 14.5. The molecule has 1 aliphatic heterocycles. The summed E-state index contributed by atoms with van der Waals surface area (Å²) in [5.74, 6) is -0.726. The van der Waals surface area contributed by atoms with Crippen LogP contribution in [-0.4, -0.2) is 87.3 Å². The summed E-state index contributed by atoms with van der Waals surface area (Å²) in [5.41, 5.74) is 0.652. The summed E-state index contributed by atoms with van der Waals surface area (Å²) in [6, 6.07) is 2.88. The van der Waals surface area contributed by atoms with Gasteiger partial charge in [-0.25, -0.2) is 19.6 Å². The predicted molar refractivity (Wildman–Crippen MR) is 203 cm³/mol. The minimum atomic E-state index is -1.53. The molecule has 3 aliphatic carbocycles. The number of fused-ring (bicyclic) bond motifs is 2. The van der Waals surface area contributed by atoms with Gasteiger partial charge in [-0.3, -0.25) is 9.59 Å². The van der Waals surface area contributed by atoms with Crippen LogP contribution in [0.25, 0.3) is 21.6 Å². The van der Waals surface area contributed by atoms with Crippen LogP contribution in [0.2, 0.25) is 5.02 Å². The lowest BCUT2D eigenvalue weighted by molar-refractivity contribution is -0.145. The summed E-state index contributed by atoms with van der Waals surface area (Å²) >= 11 is 8.22. The monoisotopic (exact) mass is 777 g/mol. The van der Waals surface area contributed by atoms with Crippen LogP contribution in [0.3, 0.4) is 0 Å². The number of pyridine rings is 1. The Balaban J connectivity index is 1.19. The Labute approximate surface area is 322 Å². The number of carboxylic acids is 1. The van der Waals surface area contributed by atoms with Crippen molar-refractivity contribution < 1.29 is 38.5 Å². The lowest BCUT2D eigenvalue weighted by Crippen LogP contribution is -2.56. The molecule has 1 aromatic carbocycles. The standard InChI is InChI=1S/C39H44ClN5O8S/c1-7-22-15-39(22,37(48)49)44-34(46)28-13-24(16-45(28)36(47)32(19(4)5)43-38(50)53-23-11-20-10-21(20)12-23)52-30-14-26(35-42-27(17-54-35)18(2)3)41-33-25(30)8-9-29(51-6)31(33)40/h7-9,14,17-18,20-24,28,32H,1,4,10-13,15-16H2,2-3,5-6H3,(H,43,50)(H,44,46)(H,48,49)/t20-,21+,22-,23+,24-,28+,32+,39-/m1/s1. The number of amides is 3. The molecule has 1 saturated heterocycles. The third-order valence-corrected chi connectivity index (χ3v) is 12.3. The van der Waals surface area contributed by atoms with Crippen LogP contribution >= 0.6 is 22.9 Å². The minimum absolute atomic E-state index is 0.0159. The Bertz CT molecular complexity index is 2040. The third kappa shape index (κ3) is 7.13. The van der Waals surface area contributed by atoms with Crippen LogP contribution in [0.1, 0.15) is 64.5 Å². The fourth-order valence-corrected chi connectivity index (χ4v) is 8.96. The van der Waals surface area contributed by atoms with E-state index in [9.17, 15) is 24.3 Å². The number of hydrogen-bond acceptors (Lipinski definition) is 10. The molecule has 4 fully saturated rings. The highest BCUT2D eigenvalue weighted by molar-refractivity contribution is 7.13. The Morgan fingerprint density at radius 3 is 2.46 bits per heavy atom. The second-order valence-electron chi connectivity index (χ2n) is 15.2. The van der Waals surface area contributed by atoms with Gasteiger partial charge < -0.3 is 34.9 Å². The van der Waals surface area contributed by atoms with E-state index in [4.69, 9.17) is 35.8 Å². The molecule has 3 N–H and O–H groups in total. The highest BCUT2D eigenvalue weighted by Gasteiger charge is 2.61. The van der Waals surface area contributed by atoms with Gasteiger partial charge in [0.2, 0.25) is 11.8 Å². The lowest BCUT2D eigenvalue weighted by atomic mass is 10.1. The van der Waals surface area contributed by atoms with E-state index in [1.54, 1.807) is 25.1 Å². The van der Waals surface area contributed by atoms with Gasteiger partial charge >= 0.3 is 12.1 Å². The number of hydrogen-bond donors (Lipinski definition) is 3. The van der Waals surface area contributed by atoms with Gasteiger partial charge in [0, 0.05) is 29.2 Å². The highest BCUT2D eigenvalue weighted by atomic mass is 35.5. The van der Waals surface area contributed by atoms with Crippen molar-refractivity contribution in [1.29, 1.82) is 0 Å². The van der Waals surface area contributed by atoms with Gasteiger partial charge in [0.1, 0.15) is 57.1 Å². The number of rotatable bonds is 13. The Kier molecular flexibility index (Phi) is 10.1. The molecule has 0 spiro atoms. The third-order valence-electron chi connectivity index (χ3n) is 11.0. The maximum absolute atomic E-state index is 14.4. The number of nitrogens with one attached hydrogen (secondary N) is 2. The number of carboxylic acid groups (broad SMARTS) is 1. The summed E-state index contributed by atoms with van der Waals surface area (Å²) < 4.78 is 17.8. The van der Waals surface area contributed by atoms with Crippen LogP contribution in [0.4, 0.5) is 4.79 Å². The van der Waals surface area contributed by atoms with Crippen molar-refractivity contribution in [1.82, 2.24) is 25.5 Å². The minimum Gasteiger partial charge on any atom is -0.495 e. The van der Waals surface area contributed by atoms with Crippen molar-refractivity contribution in [2.75, 3.05) is 13.7 Å². The molecule has 54 heavy (non-hydrogen) atoms. The lowest BCUT2D eigenvalue weighted by Gasteiger charge is -2.29. The molecule has 3 saturated carbocycles. The summed E-state index contributed by atoms with van der Waals surface area (Å²) in [6.45, 7) is 13.3. The second-order valence-corrected chi connectivity index (χ2v) is 16.4. The van der Waals surface area contributed by atoms with E-state index in [0.29, 0.717) is 50.5 Å². The van der Waals surface area contributed by atoms with Crippen molar-refractivity contribution in [2.45, 2.75) is 88.6 Å². The molecule has 2 aromatic heterocycles. The van der Waals surface area contributed by atoms with Crippen LogP contribution in [0, 0.1) is 17.8 Å². The number of aliphatic carboxylic acids is 1. The van der Waals surface area contributed by atoms with E-state index in [0.717, 1.165) is 25.0 Å². The molecule has 0 radical (unpaired) electrons. The molecule has 7 rings (SSSR count). The van der Waals surface area contributed by atoms with Gasteiger partial charge in [-0.1, -0.05) is 38.1 Å². The van der Waals surface area contributed by atoms with Gasteiger partial charge in [-0.2, -0.15) is 0 Å². The Morgan fingerprint density at radius 1 is 1.11 bits per heavy atom. The van der Waals surface area contributed by atoms with Crippen molar-refractivity contribution in [3.8, 4) is 22.2 Å². The van der Waals surface area contributed by atoms with Gasteiger partial charge in [-0.05, 0) is 68.1 Å². The average Bonchev–Trinajstić information content (AvgIpc) is 3.77. The zero-order valence-corrected chi connectivity index (χ0v) is 32.2. The van der Waals surface area contributed by atoms with E-state index in [1.807, 2.05) is 5.38 Å².